The Kier molecular flexibility index (Phi) is 4.69. The van der Waals surface area contributed by atoms with E-state index in [4.69, 9.17) is 21.1 Å². The van der Waals surface area contributed by atoms with Crippen molar-refractivity contribution in [1.29, 1.82) is 0 Å². The van der Waals surface area contributed by atoms with Crippen molar-refractivity contribution in [2.45, 2.75) is 0 Å². The largest absolute Gasteiger partial charge is 0.449 e. The molecular formula is C30H18ClNO2S. The maximum atomic E-state index is 6.48. The highest BCUT2D eigenvalue weighted by atomic mass is 35.5. The predicted octanol–water partition coefficient (Wildman–Crippen LogP) is 10.1. The topological polar surface area (TPSA) is 21.7 Å². The molecule has 0 radical (unpaired) electrons. The number of thiophene rings is 1. The van der Waals surface area contributed by atoms with Crippen LogP contribution >= 0.6 is 22.9 Å². The van der Waals surface area contributed by atoms with Crippen molar-refractivity contribution in [1.82, 2.24) is 0 Å². The molecule has 0 aliphatic carbocycles. The number of nitrogens with zero attached hydrogens (tertiary/aromatic N) is 1. The van der Waals surface area contributed by atoms with Crippen LogP contribution in [0.2, 0.25) is 5.02 Å². The molecule has 1 aliphatic heterocycles. The van der Waals surface area contributed by atoms with Gasteiger partial charge >= 0.3 is 0 Å². The molecule has 2 heterocycles. The van der Waals surface area contributed by atoms with Crippen LogP contribution in [0.3, 0.4) is 0 Å². The fraction of sp³-hybridized carbons (Fsp3) is 0. The summed E-state index contributed by atoms with van der Waals surface area (Å²) < 4.78 is 15.1. The highest BCUT2D eigenvalue weighted by Gasteiger charge is 2.28. The number of anilines is 3. The van der Waals surface area contributed by atoms with Crippen LogP contribution in [0.4, 0.5) is 17.1 Å². The van der Waals surface area contributed by atoms with Crippen LogP contribution in [-0.2, 0) is 0 Å². The molecule has 6 aromatic rings. The summed E-state index contributed by atoms with van der Waals surface area (Å²) in [6.45, 7) is 0. The average Bonchev–Trinajstić information content (AvgIpc) is 3.29. The molecule has 7 rings (SSSR count). The number of benzene rings is 5. The first-order valence-corrected chi connectivity index (χ1v) is 12.5. The lowest BCUT2D eigenvalue weighted by Crippen LogP contribution is -2.12. The van der Waals surface area contributed by atoms with E-state index < -0.39 is 0 Å². The van der Waals surface area contributed by atoms with Gasteiger partial charge in [-0.05, 0) is 48.5 Å². The molecule has 3 nitrogen and oxygen atoms in total. The van der Waals surface area contributed by atoms with E-state index in [1.165, 1.54) is 20.2 Å². The molecule has 0 amide bonds. The van der Waals surface area contributed by atoms with Crippen molar-refractivity contribution < 1.29 is 9.47 Å². The Balaban J connectivity index is 1.49. The summed E-state index contributed by atoms with van der Waals surface area (Å²) in [5, 5.41) is 3.01. The van der Waals surface area contributed by atoms with Gasteiger partial charge in [0.05, 0.1) is 21.1 Å². The standard InChI is InChI=1S/C30H18ClNO2S/c31-22-13-7-16-25-28(22)34-29-23(14-8-17-26(29)33-25)32(19-9-2-1-3-10-19)24-15-6-12-21-20-11-4-5-18-27(20)35-30(21)24/h1-18H. The molecule has 0 spiro atoms. The van der Waals surface area contributed by atoms with Gasteiger partial charge in [-0.3, -0.25) is 0 Å². The van der Waals surface area contributed by atoms with Crippen molar-refractivity contribution in [2.24, 2.45) is 0 Å². The van der Waals surface area contributed by atoms with E-state index in [2.05, 4.69) is 65.6 Å². The second-order valence-electron chi connectivity index (χ2n) is 8.30. The number of halogens is 1. The summed E-state index contributed by atoms with van der Waals surface area (Å²) in [7, 11) is 0. The van der Waals surface area contributed by atoms with E-state index >= 15 is 0 Å². The predicted molar refractivity (Wildman–Crippen MR) is 146 cm³/mol. The first kappa shape index (κ1) is 20.4. The minimum absolute atomic E-state index is 0.515. The summed E-state index contributed by atoms with van der Waals surface area (Å²) in [5.74, 6) is 2.43. The third kappa shape index (κ3) is 3.26. The van der Waals surface area contributed by atoms with E-state index in [-0.39, 0.29) is 0 Å². The van der Waals surface area contributed by atoms with Crippen molar-refractivity contribution >= 4 is 60.2 Å². The molecule has 0 bridgehead atoms. The van der Waals surface area contributed by atoms with Gasteiger partial charge in [-0.15, -0.1) is 11.3 Å². The Morgan fingerprint density at radius 1 is 0.571 bits per heavy atom. The molecular weight excluding hydrogens is 474 g/mol. The SMILES string of the molecule is Clc1cccc2c1Oc1c(cccc1N(c1ccccc1)c1cccc3c1sc1ccccc13)O2. The van der Waals surface area contributed by atoms with Crippen LogP contribution in [0.25, 0.3) is 20.2 Å². The molecule has 0 N–H and O–H groups in total. The van der Waals surface area contributed by atoms with Gasteiger partial charge in [0.2, 0.25) is 0 Å². The van der Waals surface area contributed by atoms with Crippen molar-refractivity contribution in [2.75, 3.05) is 4.90 Å². The Bertz CT molecular complexity index is 1730. The van der Waals surface area contributed by atoms with Crippen LogP contribution in [0, 0.1) is 0 Å². The molecule has 168 valence electrons. The van der Waals surface area contributed by atoms with Gasteiger partial charge in [-0.1, -0.05) is 72.3 Å². The van der Waals surface area contributed by atoms with Gasteiger partial charge in [0.1, 0.15) is 0 Å². The third-order valence-corrected chi connectivity index (χ3v) is 7.70. The van der Waals surface area contributed by atoms with Crippen molar-refractivity contribution in [3.63, 3.8) is 0 Å². The molecule has 5 aromatic carbocycles. The van der Waals surface area contributed by atoms with E-state index in [1.807, 2.05) is 48.5 Å². The van der Waals surface area contributed by atoms with Crippen LogP contribution in [0.1, 0.15) is 0 Å². The average molecular weight is 492 g/mol. The molecule has 0 fully saturated rings. The maximum Gasteiger partial charge on any atom is 0.194 e. The minimum atomic E-state index is 0.515. The molecule has 1 aromatic heterocycles. The normalized spacial score (nSPS) is 12.0. The van der Waals surface area contributed by atoms with Crippen molar-refractivity contribution in [3.8, 4) is 23.0 Å². The lowest BCUT2D eigenvalue weighted by molar-refractivity contribution is 0.360. The molecule has 0 saturated carbocycles. The Morgan fingerprint density at radius 2 is 1.26 bits per heavy atom. The smallest absolute Gasteiger partial charge is 0.194 e. The van der Waals surface area contributed by atoms with Crippen LogP contribution in [0.5, 0.6) is 23.0 Å². The van der Waals surface area contributed by atoms with Gasteiger partial charge < -0.3 is 14.4 Å². The summed E-state index contributed by atoms with van der Waals surface area (Å²) in [6.07, 6.45) is 0. The first-order chi connectivity index (χ1) is 17.3. The Morgan fingerprint density at radius 3 is 2.14 bits per heavy atom. The number of fused-ring (bicyclic) bond motifs is 5. The number of hydrogen-bond donors (Lipinski definition) is 0. The molecule has 5 heteroatoms. The summed E-state index contributed by atoms with van der Waals surface area (Å²) in [6, 6.07) is 36.9. The summed E-state index contributed by atoms with van der Waals surface area (Å²) in [4.78, 5) is 2.24. The number of ether oxygens (including phenoxy) is 2. The van der Waals surface area contributed by atoms with Crippen LogP contribution < -0.4 is 14.4 Å². The van der Waals surface area contributed by atoms with Gasteiger partial charge in [-0.25, -0.2) is 0 Å². The zero-order valence-electron chi connectivity index (χ0n) is 18.4. The molecule has 0 unspecified atom stereocenters. The van der Waals surface area contributed by atoms with Crippen LogP contribution in [0.15, 0.2) is 109 Å². The van der Waals surface area contributed by atoms with Gasteiger partial charge in [-0.2, -0.15) is 0 Å². The zero-order chi connectivity index (χ0) is 23.4. The quantitative estimate of drug-likeness (QED) is 0.245. The Hall–Kier alpha value is -3.99. The van der Waals surface area contributed by atoms with Gasteiger partial charge in [0.25, 0.3) is 0 Å². The number of rotatable bonds is 3. The molecule has 0 saturated heterocycles. The van der Waals surface area contributed by atoms with E-state index in [1.54, 1.807) is 11.3 Å². The fourth-order valence-corrected chi connectivity index (χ4v) is 6.06. The first-order valence-electron chi connectivity index (χ1n) is 11.3. The summed E-state index contributed by atoms with van der Waals surface area (Å²) in [5.41, 5.74) is 2.99. The minimum Gasteiger partial charge on any atom is -0.449 e. The van der Waals surface area contributed by atoms with Gasteiger partial charge in [0.15, 0.2) is 23.0 Å². The third-order valence-electron chi connectivity index (χ3n) is 6.19. The van der Waals surface area contributed by atoms with Gasteiger partial charge in [0, 0.05) is 21.2 Å². The van der Waals surface area contributed by atoms with E-state index in [0.717, 1.165) is 17.1 Å². The second kappa shape index (κ2) is 8.05. The monoisotopic (exact) mass is 491 g/mol. The maximum absolute atomic E-state index is 6.48. The second-order valence-corrected chi connectivity index (χ2v) is 9.76. The number of para-hydroxylation sites is 3. The molecule has 0 atom stereocenters. The van der Waals surface area contributed by atoms with E-state index in [9.17, 15) is 0 Å². The van der Waals surface area contributed by atoms with Crippen LogP contribution in [-0.4, -0.2) is 0 Å². The highest BCUT2D eigenvalue weighted by molar-refractivity contribution is 7.26. The fourth-order valence-electron chi connectivity index (χ4n) is 4.65. The molecule has 1 aliphatic rings. The zero-order valence-corrected chi connectivity index (χ0v) is 20.0. The molecule has 35 heavy (non-hydrogen) atoms. The lowest BCUT2D eigenvalue weighted by Gasteiger charge is -2.30. The lowest BCUT2D eigenvalue weighted by atomic mass is 10.1. The Labute approximate surface area is 211 Å². The van der Waals surface area contributed by atoms with E-state index in [0.29, 0.717) is 28.0 Å². The van der Waals surface area contributed by atoms with Crippen molar-refractivity contribution in [3.05, 3.63) is 114 Å². The number of hydrogen-bond acceptors (Lipinski definition) is 4. The summed E-state index contributed by atoms with van der Waals surface area (Å²) >= 11 is 8.28. The highest BCUT2D eigenvalue weighted by Crippen LogP contribution is 2.55.